The van der Waals surface area contributed by atoms with Crippen molar-refractivity contribution in [2.45, 2.75) is 57.1 Å². The van der Waals surface area contributed by atoms with Crippen LogP contribution < -0.4 is 5.32 Å². The number of hydrogen-bond acceptors (Lipinski definition) is 5. The number of carbonyl (C=O) groups excluding carboxylic acids is 1. The van der Waals surface area contributed by atoms with E-state index in [-0.39, 0.29) is 23.8 Å². The maximum Gasteiger partial charge on any atom is 0.245 e. The minimum atomic E-state index is -1.27. The van der Waals surface area contributed by atoms with Crippen LogP contribution >= 0.6 is 0 Å². The van der Waals surface area contributed by atoms with Gasteiger partial charge in [-0.15, -0.1) is 0 Å². The average Bonchev–Trinajstić information content (AvgIpc) is 3.17. The summed E-state index contributed by atoms with van der Waals surface area (Å²) in [4.78, 5) is 12.4. The highest BCUT2D eigenvalue weighted by Crippen LogP contribution is 2.47. The van der Waals surface area contributed by atoms with Crippen molar-refractivity contribution in [2.75, 3.05) is 17.7 Å². The van der Waals surface area contributed by atoms with Crippen molar-refractivity contribution in [3.05, 3.63) is 11.8 Å². The number of anilines is 1. The molecule has 0 radical (unpaired) electrons. The third kappa shape index (κ3) is 4.01. The van der Waals surface area contributed by atoms with Gasteiger partial charge >= 0.3 is 0 Å². The lowest BCUT2D eigenvalue weighted by Crippen LogP contribution is -2.42. The van der Waals surface area contributed by atoms with Crippen molar-refractivity contribution in [3.63, 3.8) is 0 Å². The molecule has 1 aliphatic carbocycles. The quantitative estimate of drug-likeness (QED) is 0.755. The fourth-order valence-corrected chi connectivity index (χ4v) is 3.65. The van der Waals surface area contributed by atoms with Crippen LogP contribution in [0.25, 0.3) is 0 Å². The Hall–Kier alpha value is -1.21. The van der Waals surface area contributed by atoms with Crippen LogP contribution in [0.5, 0.6) is 0 Å². The molecule has 1 amide bonds. The zero-order valence-corrected chi connectivity index (χ0v) is 15.0. The maximum absolute atomic E-state index is 12.4. The monoisotopic (exact) mass is 342 g/mol. The number of aliphatic hydroxyl groups is 1. The Morgan fingerprint density at radius 1 is 1.52 bits per heavy atom. The number of amides is 1. The Morgan fingerprint density at radius 3 is 2.70 bits per heavy atom. The first-order chi connectivity index (χ1) is 10.7. The minimum Gasteiger partial charge on any atom is -0.395 e. The van der Waals surface area contributed by atoms with Crippen LogP contribution in [0.15, 0.2) is 10.6 Å². The SMILES string of the molecule is CC(C)CCS(=O)C(C)(C)C(=O)Nc1cc(C2(CO)CC2)no1. The van der Waals surface area contributed by atoms with Gasteiger partial charge in [0.05, 0.1) is 12.3 Å². The molecule has 0 aliphatic heterocycles. The Balaban J connectivity index is 1.99. The molecule has 1 aromatic heterocycles. The lowest BCUT2D eigenvalue weighted by atomic mass is 10.0. The molecule has 6 nitrogen and oxygen atoms in total. The first kappa shape index (κ1) is 18.1. The molecule has 23 heavy (non-hydrogen) atoms. The van der Waals surface area contributed by atoms with Gasteiger partial charge in [-0.1, -0.05) is 19.0 Å². The third-order valence-corrected chi connectivity index (χ3v) is 6.37. The van der Waals surface area contributed by atoms with E-state index in [1.165, 1.54) is 0 Å². The zero-order valence-electron chi connectivity index (χ0n) is 14.2. The normalized spacial score (nSPS) is 18.0. The smallest absolute Gasteiger partial charge is 0.245 e. The van der Waals surface area contributed by atoms with Crippen molar-refractivity contribution in [3.8, 4) is 0 Å². The number of nitrogens with one attached hydrogen (secondary N) is 1. The highest BCUT2D eigenvalue weighted by Gasteiger charge is 2.46. The largest absolute Gasteiger partial charge is 0.395 e. The first-order valence-electron chi connectivity index (χ1n) is 7.99. The summed E-state index contributed by atoms with van der Waals surface area (Å²) in [5.74, 6) is 0.825. The van der Waals surface area contributed by atoms with E-state index in [1.54, 1.807) is 19.9 Å². The van der Waals surface area contributed by atoms with E-state index >= 15 is 0 Å². The Labute approximate surface area is 139 Å². The molecular weight excluding hydrogens is 316 g/mol. The number of aromatic nitrogens is 1. The second-order valence-electron chi connectivity index (χ2n) is 7.21. The van der Waals surface area contributed by atoms with E-state index < -0.39 is 15.5 Å². The molecule has 1 heterocycles. The summed E-state index contributed by atoms with van der Waals surface area (Å²) in [5.41, 5.74) is 0.358. The van der Waals surface area contributed by atoms with Gasteiger partial charge in [0.25, 0.3) is 0 Å². The fraction of sp³-hybridized carbons (Fsp3) is 0.750. The number of nitrogens with zero attached hydrogens (tertiary/aromatic N) is 1. The summed E-state index contributed by atoms with van der Waals surface area (Å²) in [5, 5.41) is 16.0. The van der Waals surface area contributed by atoms with E-state index in [0.29, 0.717) is 17.4 Å². The predicted octanol–water partition coefficient (Wildman–Crippen LogP) is 2.21. The van der Waals surface area contributed by atoms with E-state index in [1.807, 2.05) is 0 Å². The van der Waals surface area contributed by atoms with Crippen LogP contribution in [0.1, 0.15) is 52.7 Å². The van der Waals surface area contributed by atoms with Crippen molar-refractivity contribution >= 4 is 22.6 Å². The van der Waals surface area contributed by atoms with Gasteiger partial charge < -0.3 is 9.63 Å². The molecule has 1 unspecified atom stereocenters. The molecule has 2 N–H and O–H groups in total. The second kappa shape index (κ2) is 6.73. The van der Waals surface area contributed by atoms with Crippen molar-refractivity contribution in [1.82, 2.24) is 5.16 Å². The lowest BCUT2D eigenvalue weighted by Gasteiger charge is -2.22. The van der Waals surface area contributed by atoms with Crippen LogP contribution in [-0.4, -0.2) is 37.5 Å². The summed E-state index contributed by atoms with van der Waals surface area (Å²) < 4.78 is 16.5. The fourth-order valence-electron chi connectivity index (χ4n) is 2.19. The lowest BCUT2D eigenvalue weighted by molar-refractivity contribution is -0.117. The summed E-state index contributed by atoms with van der Waals surface area (Å²) in [7, 11) is -1.27. The Morgan fingerprint density at radius 2 is 2.17 bits per heavy atom. The molecule has 0 aromatic carbocycles. The van der Waals surface area contributed by atoms with Crippen molar-refractivity contribution < 1.29 is 18.6 Å². The topological polar surface area (TPSA) is 92.4 Å². The van der Waals surface area contributed by atoms with Gasteiger partial charge in [0.2, 0.25) is 11.8 Å². The molecule has 130 valence electrons. The summed E-state index contributed by atoms with van der Waals surface area (Å²) in [6.45, 7) is 7.50. The van der Waals surface area contributed by atoms with Crippen LogP contribution in [-0.2, 0) is 21.0 Å². The van der Waals surface area contributed by atoms with Gasteiger partial charge in [-0.05, 0) is 39.0 Å². The van der Waals surface area contributed by atoms with Crippen molar-refractivity contribution in [2.24, 2.45) is 5.92 Å². The van der Waals surface area contributed by atoms with E-state index in [0.717, 1.165) is 19.3 Å². The maximum atomic E-state index is 12.4. The van der Waals surface area contributed by atoms with Gasteiger partial charge in [0.15, 0.2) is 0 Å². The van der Waals surface area contributed by atoms with E-state index in [4.69, 9.17) is 4.52 Å². The van der Waals surface area contributed by atoms with Crippen LogP contribution in [0, 0.1) is 5.92 Å². The van der Waals surface area contributed by atoms with Crippen molar-refractivity contribution in [1.29, 1.82) is 0 Å². The number of aliphatic hydroxyl groups excluding tert-OH is 1. The standard InChI is InChI=1S/C16H26N2O4S/c1-11(2)5-8-23(21)15(3,4)14(20)17-13-9-12(18-22-13)16(10-19)6-7-16/h9,11,19H,5-8,10H2,1-4H3,(H,17,20). The highest BCUT2D eigenvalue weighted by atomic mass is 32.2. The van der Waals surface area contributed by atoms with E-state index in [9.17, 15) is 14.1 Å². The highest BCUT2D eigenvalue weighted by molar-refractivity contribution is 7.87. The third-order valence-electron chi connectivity index (χ3n) is 4.44. The molecular formula is C16H26N2O4S. The summed E-state index contributed by atoms with van der Waals surface area (Å²) in [6, 6.07) is 1.65. The number of hydrogen-bond donors (Lipinski definition) is 2. The zero-order chi connectivity index (χ0) is 17.3. The molecule has 1 aliphatic rings. The Bertz CT molecular complexity index is 591. The van der Waals surface area contributed by atoms with Gasteiger partial charge in [-0.25, -0.2) is 0 Å². The molecule has 2 rings (SSSR count). The van der Waals surface area contributed by atoms with Crippen LogP contribution in [0.3, 0.4) is 0 Å². The molecule has 7 heteroatoms. The summed E-state index contributed by atoms with van der Waals surface area (Å²) >= 11 is 0. The molecule has 0 spiro atoms. The van der Waals surface area contributed by atoms with Crippen LogP contribution in [0.2, 0.25) is 0 Å². The summed E-state index contributed by atoms with van der Waals surface area (Å²) in [6.07, 6.45) is 2.55. The van der Waals surface area contributed by atoms with Gasteiger partial charge in [0, 0.05) is 28.0 Å². The van der Waals surface area contributed by atoms with Gasteiger partial charge in [-0.3, -0.25) is 14.3 Å². The molecule has 1 saturated carbocycles. The number of carbonyl (C=O) groups is 1. The number of rotatable bonds is 8. The van der Waals surface area contributed by atoms with Crippen LogP contribution in [0.4, 0.5) is 5.88 Å². The molecule has 0 bridgehead atoms. The molecule has 1 fully saturated rings. The van der Waals surface area contributed by atoms with Gasteiger partial charge in [-0.2, -0.15) is 0 Å². The van der Waals surface area contributed by atoms with E-state index in [2.05, 4.69) is 24.3 Å². The van der Waals surface area contributed by atoms with Gasteiger partial charge in [0.1, 0.15) is 4.75 Å². The minimum absolute atomic E-state index is 0.0254. The first-order valence-corrected chi connectivity index (χ1v) is 9.31. The Kier molecular flexibility index (Phi) is 5.30. The predicted molar refractivity (Wildman–Crippen MR) is 89.7 cm³/mol. The molecule has 0 saturated heterocycles. The molecule has 1 atom stereocenters. The average molecular weight is 342 g/mol. The molecule has 1 aromatic rings. The second-order valence-corrected chi connectivity index (χ2v) is 9.33.